The van der Waals surface area contributed by atoms with Crippen LogP contribution < -0.4 is 0 Å². The predicted molar refractivity (Wildman–Crippen MR) is 51.2 cm³/mol. The van der Waals surface area contributed by atoms with E-state index in [1.807, 2.05) is 19.9 Å². The van der Waals surface area contributed by atoms with Crippen molar-refractivity contribution in [3.63, 3.8) is 0 Å². The Hall–Kier alpha value is -0.890. The van der Waals surface area contributed by atoms with Gasteiger partial charge in [-0.2, -0.15) is 0 Å². The molecule has 13 heavy (non-hydrogen) atoms. The lowest BCUT2D eigenvalue weighted by Crippen LogP contribution is -2.23. The van der Waals surface area contributed by atoms with E-state index in [0.29, 0.717) is 5.56 Å². The molecule has 1 aromatic rings. The topological polar surface area (TPSA) is 20.2 Å². The van der Waals surface area contributed by atoms with Gasteiger partial charge in [0.05, 0.1) is 6.61 Å². The van der Waals surface area contributed by atoms with Crippen LogP contribution in [0.25, 0.3) is 0 Å². The highest BCUT2D eigenvalue weighted by atomic mass is 19.1. The molecular weight excluding hydrogens is 167 g/mol. The van der Waals surface area contributed by atoms with E-state index in [-0.39, 0.29) is 17.8 Å². The fraction of sp³-hybridized carbons (Fsp3) is 0.455. The number of benzene rings is 1. The molecule has 0 saturated heterocycles. The van der Waals surface area contributed by atoms with Crippen LogP contribution in [0.5, 0.6) is 0 Å². The van der Waals surface area contributed by atoms with Crippen molar-refractivity contribution in [2.45, 2.75) is 26.2 Å². The molecule has 0 aliphatic heterocycles. The minimum atomic E-state index is -0.369. The average molecular weight is 182 g/mol. The highest BCUT2D eigenvalue weighted by Gasteiger charge is 2.22. The van der Waals surface area contributed by atoms with Gasteiger partial charge in [0.1, 0.15) is 5.82 Å². The van der Waals surface area contributed by atoms with Gasteiger partial charge in [0.25, 0.3) is 0 Å². The third-order valence-electron chi connectivity index (χ3n) is 2.39. The van der Waals surface area contributed by atoms with Gasteiger partial charge in [-0.05, 0) is 24.1 Å². The number of rotatable bonds is 2. The highest BCUT2D eigenvalue weighted by molar-refractivity contribution is 5.33. The molecule has 0 unspecified atom stereocenters. The summed E-state index contributed by atoms with van der Waals surface area (Å²) in [7, 11) is 0. The van der Waals surface area contributed by atoms with E-state index >= 15 is 0 Å². The molecule has 0 fully saturated rings. The molecule has 0 aliphatic rings. The van der Waals surface area contributed by atoms with Crippen molar-refractivity contribution in [3.05, 3.63) is 35.1 Å². The number of aliphatic hydroxyl groups excluding tert-OH is 1. The lowest BCUT2D eigenvalue weighted by molar-refractivity contribution is 0.217. The summed E-state index contributed by atoms with van der Waals surface area (Å²) in [5, 5.41) is 9.14. The molecule has 1 nitrogen and oxygen atoms in total. The van der Waals surface area contributed by atoms with E-state index in [0.717, 1.165) is 5.56 Å². The SMILES string of the molecule is Cc1c(F)cccc1C(C)(C)CO. The number of aliphatic hydroxyl groups is 1. The summed E-state index contributed by atoms with van der Waals surface area (Å²) in [6, 6.07) is 4.97. The molecule has 0 saturated carbocycles. The van der Waals surface area contributed by atoms with Crippen molar-refractivity contribution in [1.29, 1.82) is 0 Å². The molecule has 0 heterocycles. The van der Waals surface area contributed by atoms with Gasteiger partial charge in [-0.3, -0.25) is 0 Å². The lowest BCUT2D eigenvalue weighted by atomic mass is 9.83. The molecule has 1 N–H and O–H groups in total. The van der Waals surface area contributed by atoms with Gasteiger partial charge >= 0.3 is 0 Å². The first-order valence-corrected chi connectivity index (χ1v) is 4.35. The summed E-state index contributed by atoms with van der Waals surface area (Å²) < 4.78 is 13.2. The fourth-order valence-electron chi connectivity index (χ4n) is 1.43. The molecule has 2 heteroatoms. The molecule has 0 amide bonds. The molecular formula is C11H15FO. The van der Waals surface area contributed by atoms with Crippen LogP contribution in [0.15, 0.2) is 18.2 Å². The van der Waals surface area contributed by atoms with Crippen LogP contribution in [0, 0.1) is 12.7 Å². The Morgan fingerprint density at radius 3 is 2.54 bits per heavy atom. The second-order valence-corrected chi connectivity index (χ2v) is 3.95. The van der Waals surface area contributed by atoms with Crippen molar-refractivity contribution >= 4 is 0 Å². The van der Waals surface area contributed by atoms with E-state index < -0.39 is 0 Å². The van der Waals surface area contributed by atoms with Crippen molar-refractivity contribution in [2.24, 2.45) is 0 Å². The minimum absolute atomic E-state index is 0.0251. The highest BCUT2D eigenvalue weighted by Crippen LogP contribution is 2.26. The van der Waals surface area contributed by atoms with Crippen LogP contribution in [-0.2, 0) is 5.41 Å². The maximum absolute atomic E-state index is 13.2. The number of hydrogen-bond donors (Lipinski definition) is 1. The normalized spacial score (nSPS) is 11.8. The van der Waals surface area contributed by atoms with Crippen LogP contribution in [0.1, 0.15) is 25.0 Å². The van der Waals surface area contributed by atoms with Gasteiger partial charge in [-0.15, -0.1) is 0 Å². The predicted octanol–water partition coefficient (Wildman–Crippen LogP) is 2.40. The lowest BCUT2D eigenvalue weighted by Gasteiger charge is -2.24. The summed E-state index contributed by atoms with van der Waals surface area (Å²) in [5.41, 5.74) is 1.13. The van der Waals surface area contributed by atoms with Crippen molar-refractivity contribution < 1.29 is 9.50 Å². The first kappa shape index (κ1) is 10.2. The zero-order valence-electron chi connectivity index (χ0n) is 8.26. The largest absolute Gasteiger partial charge is 0.395 e. The van der Waals surface area contributed by atoms with Gasteiger partial charge in [0.2, 0.25) is 0 Å². The second-order valence-electron chi connectivity index (χ2n) is 3.95. The van der Waals surface area contributed by atoms with Crippen molar-refractivity contribution in [3.8, 4) is 0 Å². The Balaban J connectivity index is 3.22. The van der Waals surface area contributed by atoms with Crippen molar-refractivity contribution in [1.82, 2.24) is 0 Å². The molecule has 0 radical (unpaired) electrons. The van der Waals surface area contributed by atoms with Crippen LogP contribution in [-0.4, -0.2) is 11.7 Å². The van der Waals surface area contributed by atoms with E-state index in [9.17, 15) is 4.39 Å². The first-order chi connectivity index (χ1) is 5.99. The molecule has 0 aromatic heterocycles. The number of halogens is 1. The zero-order chi connectivity index (χ0) is 10.1. The van der Waals surface area contributed by atoms with Gasteiger partial charge in [-0.25, -0.2) is 4.39 Å². The number of hydrogen-bond acceptors (Lipinski definition) is 1. The fourth-order valence-corrected chi connectivity index (χ4v) is 1.43. The van der Waals surface area contributed by atoms with Crippen molar-refractivity contribution in [2.75, 3.05) is 6.61 Å². The van der Waals surface area contributed by atoms with Gasteiger partial charge < -0.3 is 5.11 Å². The van der Waals surface area contributed by atoms with E-state index in [1.54, 1.807) is 13.0 Å². The van der Waals surface area contributed by atoms with Gasteiger partial charge in [0, 0.05) is 5.41 Å². The van der Waals surface area contributed by atoms with Crippen LogP contribution in [0.4, 0.5) is 4.39 Å². The second kappa shape index (κ2) is 3.46. The molecule has 72 valence electrons. The maximum atomic E-state index is 13.2. The third-order valence-corrected chi connectivity index (χ3v) is 2.39. The zero-order valence-corrected chi connectivity index (χ0v) is 8.26. The smallest absolute Gasteiger partial charge is 0.126 e. The monoisotopic (exact) mass is 182 g/mol. The Labute approximate surface area is 78.2 Å². The molecule has 0 bridgehead atoms. The van der Waals surface area contributed by atoms with Gasteiger partial charge in [0.15, 0.2) is 0 Å². The standard InChI is InChI=1S/C11H15FO/c1-8-9(11(2,3)7-13)5-4-6-10(8)12/h4-6,13H,7H2,1-3H3. The molecule has 1 rings (SSSR count). The minimum Gasteiger partial charge on any atom is -0.395 e. The Bertz CT molecular complexity index is 305. The third kappa shape index (κ3) is 1.89. The summed E-state index contributed by atoms with van der Waals surface area (Å²) in [5.74, 6) is -0.209. The quantitative estimate of drug-likeness (QED) is 0.744. The molecule has 0 aliphatic carbocycles. The molecule has 1 aromatic carbocycles. The Morgan fingerprint density at radius 2 is 2.00 bits per heavy atom. The van der Waals surface area contributed by atoms with E-state index in [4.69, 9.17) is 5.11 Å². The molecule has 0 atom stereocenters. The van der Waals surface area contributed by atoms with Crippen LogP contribution in [0.3, 0.4) is 0 Å². The summed E-state index contributed by atoms with van der Waals surface area (Å²) >= 11 is 0. The first-order valence-electron chi connectivity index (χ1n) is 4.35. The van der Waals surface area contributed by atoms with Gasteiger partial charge in [-0.1, -0.05) is 26.0 Å². The van der Waals surface area contributed by atoms with E-state index in [2.05, 4.69) is 0 Å². The summed E-state index contributed by atoms with van der Waals surface area (Å²) in [4.78, 5) is 0. The summed E-state index contributed by atoms with van der Waals surface area (Å²) in [6.45, 7) is 5.56. The Kier molecular flexibility index (Phi) is 2.71. The average Bonchev–Trinajstić information content (AvgIpc) is 2.09. The van der Waals surface area contributed by atoms with Crippen LogP contribution in [0.2, 0.25) is 0 Å². The van der Waals surface area contributed by atoms with Crippen LogP contribution >= 0.6 is 0 Å². The Morgan fingerprint density at radius 1 is 1.38 bits per heavy atom. The van der Waals surface area contributed by atoms with E-state index in [1.165, 1.54) is 6.07 Å². The summed E-state index contributed by atoms with van der Waals surface area (Å²) in [6.07, 6.45) is 0. The maximum Gasteiger partial charge on any atom is 0.126 e. The molecule has 0 spiro atoms.